The monoisotopic (exact) mass is 271 g/mol. The Morgan fingerprint density at radius 3 is 2.45 bits per heavy atom. The molecule has 1 aromatic heterocycles. The van der Waals surface area contributed by atoms with Gasteiger partial charge in [-0.3, -0.25) is 0 Å². The van der Waals surface area contributed by atoms with Gasteiger partial charge >= 0.3 is 0 Å². The summed E-state index contributed by atoms with van der Waals surface area (Å²) in [6.07, 6.45) is 1.13. The Balaban J connectivity index is 2.29. The largest absolute Gasteiger partial charge is 0.439 e. The van der Waals surface area contributed by atoms with Gasteiger partial charge in [0.25, 0.3) is 0 Å². The van der Waals surface area contributed by atoms with Crippen molar-refractivity contribution in [3.63, 3.8) is 0 Å². The Morgan fingerprint density at radius 1 is 1.05 bits per heavy atom. The van der Waals surface area contributed by atoms with Gasteiger partial charge in [-0.25, -0.2) is 4.98 Å². The van der Waals surface area contributed by atoms with Gasteiger partial charge in [-0.2, -0.15) is 0 Å². The van der Waals surface area contributed by atoms with Crippen LogP contribution in [0, 0.1) is 6.92 Å². The van der Waals surface area contributed by atoms with Gasteiger partial charge in [0, 0.05) is 12.3 Å². The highest BCUT2D eigenvalue weighted by molar-refractivity contribution is 5.40. The van der Waals surface area contributed by atoms with Crippen molar-refractivity contribution >= 4 is 0 Å². The van der Waals surface area contributed by atoms with Crippen LogP contribution in [0.5, 0.6) is 11.6 Å². The van der Waals surface area contributed by atoms with E-state index in [1.165, 1.54) is 5.56 Å². The van der Waals surface area contributed by atoms with E-state index in [9.17, 15) is 5.11 Å². The van der Waals surface area contributed by atoms with E-state index in [1.807, 2.05) is 6.92 Å². The third-order valence-corrected chi connectivity index (χ3v) is 3.33. The van der Waals surface area contributed by atoms with E-state index in [4.69, 9.17) is 4.74 Å². The first-order valence-corrected chi connectivity index (χ1v) is 6.90. The molecule has 106 valence electrons. The third kappa shape index (κ3) is 3.36. The zero-order valence-electron chi connectivity index (χ0n) is 12.4. The molecule has 0 aliphatic rings. The average Bonchev–Trinajstić information content (AvgIpc) is 2.41. The average molecular weight is 271 g/mol. The number of pyridine rings is 1. The number of rotatable bonds is 4. The Kier molecular flexibility index (Phi) is 4.40. The maximum Gasteiger partial charge on any atom is 0.219 e. The van der Waals surface area contributed by atoms with Crippen molar-refractivity contribution < 1.29 is 9.84 Å². The van der Waals surface area contributed by atoms with Crippen molar-refractivity contribution in [1.82, 2.24) is 4.98 Å². The van der Waals surface area contributed by atoms with Crippen LogP contribution in [0.2, 0.25) is 0 Å². The highest BCUT2D eigenvalue weighted by atomic mass is 16.5. The van der Waals surface area contributed by atoms with Gasteiger partial charge in [0.1, 0.15) is 5.75 Å². The van der Waals surface area contributed by atoms with Crippen molar-refractivity contribution in [1.29, 1.82) is 0 Å². The fourth-order valence-electron chi connectivity index (χ4n) is 1.94. The molecular weight excluding hydrogens is 250 g/mol. The molecule has 0 spiro atoms. The molecule has 0 amide bonds. The van der Waals surface area contributed by atoms with E-state index in [-0.39, 0.29) is 0 Å². The molecule has 1 N–H and O–H groups in total. The summed E-state index contributed by atoms with van der Waals surface area (Å²) in [6.45, 7) is 8.04. The predicted molar refractivity (Wildman–Crippen MR) is 80.2 cm³/mol. The van der Waals surface area contributed by atoms with E-state index >= 15 is 0 Å². The number of aliphatic hydroxyl groups is 1. The van der Waals surface area contributed by atoms with Crippen LogP contribution in [-0.4, -0.2) is 10.1 Å². The summed E-state index contributed by atoms with van der Waals surface area (Å²) >= 11 is 0. The van der Waals surface area contributed by atoms with Gasteiger partial charge in [0.05, 0.1) is 6.10 Å². The summed E-state index contributed by atoms with van der Waals surface area (Å²) in [5.41, 5.74) is 3.10. The van der Waals surface area contributed by atoms with Gasteiger partial charge < -0.3 is 9.84 Å². The second-order valence-corrected chi connectivity index (χ2v) is 5.39. The highest BCUT2D eigenvalue weighted by Gasteiger charge is 2.08. The first-order chi connectivity index (χ1) is 9.47. The number of aromatic nitrogens is 1. The normalized spacial score (nSPS) is 12.5. The minimum atomic E-state index is -0.525. The van der Waals surface area contributed by atoms with E-state index in [0.29, 0.717) is 11.8 Å². The maximum atomic E-state index is 9.60. The smallest absolute Gasteiger partial charge is 0.219 e. The summed E-state index contributed by atoms with van der Waals surface area (Å²) in [5, 5.41) is 9.60. The van der Waals surface area contributed by atoms with Crippen LogP contribution in [-0.2, 0) is 0 Å². The van der Waals surface area contributed by atoms with Gasteiger partial charge in [-0.15, -0.1) is 0 Å². The number of aryl methyl sites for hydroxylation is 1. The van der Waals surface area contributed by atoms with Gasteiger partial charge in [0.2, 0.25) is 5.88 Å². The molecule has 0 fully saturated rings. The number of hydrogen-bond acceptors (Lipinski definition) is 3. The Morgan fingerprint density at radius 2 is 1.80 bits per heavy atom. The zero-order chi connectivity index (χ0) is 14.7. The number of hydrogen-bond donors (Lipinski definition) is 1. The maximum absolute atomic E-state index is 9.60. The molecule has 1 atom stereocenters. The molecule has 1 aromatic carbocycles. The lowest BCUT2D eigenvalue weighted by atomic mass is 10.0. The molecule has 0 unspecified atom stereocenters. The minimum absolute atomic E-state index is 0.453. The first kappa shape index (κ1) is 14.5. The number of nitrogens with zero attached hydrogens (tertiary/aromatic N) is 1. The summed E-state index contributed by atoms with van der Waals surface area (Å²) in [7, 11) is 0. The Labute approximate surface area is 120 Å². The van der Waals surface area contributed by atoms with Crippen LogP contribution in [0.4, 0.5) is 0 Å². The predicted octanol–water partition coefficient (Wildman–Crippen LogP) is 4.36. The summed E-state index contributed by atoms with van der Waals surface area (Å²) in [4.78, 5) is 4.20. The van der Waals surface area contributed by atoms with Crippen LogP contribution < -0.4 is 4.74 Å². The zero-order valence-corrected chi connectivity index (χ0v) is 12.4. The molecule has 20 heavy (non-hydrogen) atoms. The number of ether oxygens (including phenoxy) is 1. The molecule has 1 heterocycles. The van der Waals surface area contributed by atoms with E-state index in [0.717, 1.165) is 16.9 Å². The molecular formula is C17H21NO2. The topological polar surface area (TPSA) is 42.4 Å². The van der Waals surface area contributed by atoms with Crippen LogP contribution >= 0.6 is 0 Å². The van der Waals surface area contributed by atoms with E-state index in [2.05, 4.69) is 37.0 Å². The summed E-state index contributed by atoms with van der Waals surface area (Å²) in [6, 6.07) is 9.79. The second kappa shape index (κ2) is 6.06. The molecule has 0 saturated heterocycles. The molecule has 3 nitrogen and oxygen atoms in total. The molecule has 0 saturated carbocycles. The molecule has 2 rings (SSSR count). The summed E-state index contributed by atoms with van der Waals surface area (Å²) < 4.78 is 5.87. The fourth-order valence-corrected chi connectivity index (χ4v) is 1.94. The lowest BCUT2D eigenvalue weighted by Gasteiger charge is -2.13. The quantitative estimate of drug-likeness (QED) is 0.898. The van der Waals surface area contributed by atoms with E-state index < -0.39 is 6.10 Å². The van der Waals surface area contributed by atoms with Crippen molar-refractivity contribution in [3.8, 4) is 11.6 Å². The molecule has 0 aliphatic carbocycles. The lowest BCUT2D eigenvalue weighted by Crippen LogP contribution is -1.96. The van der Waals surface area contributed by atoms with Gasteiger partial charge in [-0.1, -0.05) is 26.0 Å². The third-order valence-electron chi connectivity index (χ3n) is 3.33. The van der Waals surface area contributed by atoms with E-state index in [1.54, 1.807) is 25.3 Å². The standard InChI is InChI=1S/C17H21NO2/c1-11(2)14-6-5-12(3)16(9-14)20-17-10-15(13(4)19)7-8-18-17/h5-11,13,19H,1-4H3/t13-/m1/s1. The van der Waals surface area contributed by atoms with Crippen LogP contribution in [0.3, 0.4) is 0 Å². The SMILES string of the molecule is Cc1ccc(C(C)C)cc1Oc1cc([C@@H](C)O)ccn1. The van der Waals surface area contributed by atoms with Crippen molar-refractivity contribution in [2.75, 3.05) is 0 Å². The highest BCUT2D eigenvalue weighted by Crippen LogP contribution is 2.28. The second-order valence-electron chi connectivity index (χ2n) is 5.39. The van der Waals surface area contributed by atoms with Crippen LogP contribution in [0.25, 0.3) is 0 Å². The molecule has 0 bridgehead atoms. The molecule has 3 heteroatoms. The molecule has 0 radical (unpaired) electrons. The minimum Gasteiger partial charge on any atom is -0.439 e. The number of benzene rings is 1. The van der Waals surface area contributed by atoms with Gasteiger partial charge in [-0.05, 0) is 48.6 Å². The fraction of sp³-hybridized carbons (Fsp3) is 0.353. The Hall–Kier alpha value is -1.87. The van der Waals surface area contributed by atoms with Gasteiger partial charge in [0.15, 0.2) is 0 Å². The van der Waals surface area contributed by atoms with Crippen molar-refractivity contribution in [2.24, 2.45) is 0 Å². The summed E-state index contributed by atoms with van der Waals surface area (Å²) in [5.74, 6) is 1.77. The number of aliphatic hydroxyl groups excluding tert-OH is 1. The van der Waals surface area contributed by atoms with Crippen molar-refractivity contribution in [2.45, 2.75) is 39.7 Å². The lowest BCUT2D eigenvalue weighted by molar-refractivity contribution is 0.198. The Bertz CT molecular complexity index is 591. The van der Waals surface area contributed by atoms with Crippen molar-refractivity contribution in [3.05, 3.63) is 53.2 Å². The first-order valence-electron chi connectivity index (χ1n) is 6.90. The molecule has 0 aliphatic heterocycles. The van der Waals surface area contributed by atoms with Crippen LogP contribution in [0.1, 0.15) is 49.5 Å². The van der Waals surface area contributed by atoms with Crippen LogP contribution in [0.15, 0.2) is 36.5 Å². The molecule has 2 aromatic rings.